The van der Waals surface area contributed by atoms with E-state index in [1.54, 1.807) is 0 Å². The predicted octanol–water partition coefficient (Wildman–Crippen LogP) is 7.09. The average molecular weight is 739 g/mol. The molecule has 12 atom stereocenters. The Morgan fingerprint density at radius 1 is 0.849 bits per heavy atom. The van der Waals surface area contributed by atoms with Crippen molar-refractivity contribution in [3.8, 4) is 0 Å². The third-order valence-corrected chi connectivity index (χ3v) is 17.7. The van der Waals surface area contributed by atoms with Crippen LogP contribution in [0.3, 0.4) is 0 Å². The van der Waals surface area contributed by atoms with E-state index in [0.29, 0.717) is 24.7 Å². The molecule has 0 radical (unpaired) electrons. The first-order valence-electron chi connectivity index (χ1n) is 20.8. The van der Waals surface area contributed by atoms with Crippen LogP contribution in [-0.2, 0) is 23.9 Å². The van der Waals surface area contributed by atoms with Crippen molar-refractivity contribution in [3.63, 3.8) is 0 Å². The van der Waals surface area contributed by atoms with Gasteiger partial charge in [0.2, 0.25) is 5.91 Å². The molecule has 0 aliphatic heterocycles. The third kappa shape index (κ3) is 5.72. The number of hydrogen-bond donors (Lipinski definition) is 4. The van der Waals surface area contributed by atoms with E-state index in [2.05, 4.69) is 53.8 Å². The van der Waals surface area contributed by atoms with E-state index in [9.17, 15) is 29.4 Å². The number of amides is 1. The molecule has 9 heteroatoms. The molecule has 0 aromatic carbocycles. The Hall–Kier alpha value is -2.26. The third-order valence-electron chi connectivity index (χ3n) is 17.7. The number of Topliss-reactive ketones (excluding diaryl/α,β-unsaturated/α-hetero) is 1. The van der Waals surface area contributed by atoms with E-state index in [4.69, 9.17) is 10.5 Å². The largest absolute Gasteiger partial charge is 0.481 e. The van der Waals surface area contributed by atoms with Crippen molar-refractivity contribution in [2.24, 2.45) is 79.6 Å². The first kappa shape index (κ1) is 40.4. The fourth-order valence-corrected chi connectivity index (χ4v) is 14.1. The van der Waals surface area contributed by atoms with Crippen LogP contribution in [0.25, 0.3) is 0 Å². The number of allylic oxidation sites excluding steroid dienone is 1. The van der Waals surface area contributed by atoms with Gasteiger partial charge in [-0.05, 0) is 115 Å². The van der Waals surface area contributed by atoms with Gasteiger partial charge in [0.05, 0.1) is 24.0 Å². The minimum atomic E-state index is -0.872. The van der Waals surface area contributed by atoms with Gasteiger partial charge in [-0.25, -0.2) is 0 Å². The number of carbonyl (C=O) groups is 4. The van der Waals surface area contributed by atoms with Crippen LogP contribution in [0.15, 0.2) is 11.1 Å². The zero-order valence-electron chi connectivity index (χ0n) is 34.6. The van der Waals surface area contributed by atoms with E-state index in [-0.39, 0.29) is 69.7 Å². The summed E-state index contributed by atoms with van der Waals surface area (Å²) in [6.45, 7) is 24.0. The molecule has 0 heterocycles. The summed E-state index contributed by atoms with van der Waals surface area (Å²) < 4.78 is 6.39. The molecular formula is C44H70N2O7. The summed E-state index contributed by atoms with van der Waals surface area (Å²) >= 11 is 0. The molecule has 0 bridgehead atoms. The minimum absolute atomic E-state index is 0.0125. The number of carboxylic acids is 1. The monoisotopic (exact) mass is 739 g/mol. The zero-order chi connectivity index (χ0) is 39.4. The molecule has 5 saturated carbocycles. The molecule has 0 aromatic rings. The van der Waals surface area contributed by atoms with Crippen LogP contribution in [0.1, 0.15) is 140 Å². The Kier molecular flexibility index (Phi) is 10.0. The summed E-state index contributed by atoms with van der Waals surface area (Å²) in [7, 11) is 0. The van der Waals surface area contributed by atoms with Crippen LogP contribution in [0, 0.1) is 73.9 Å². The van der Waals surface area contributed by atoms with Crippen molar-refractivity contribution >= 4 is 23.6 Å². The highest BCUT2D eigenvalue weighted by Crippen LogP contribution is 2.77. The second-order valence-electron chi connectivity index (χ2n) is 21.2. The highest BCUT2D eigenvalue weighted by molar-refractivity contribution is 6.01. The van der Waals surface area contributed by atoms with Crippen LogP contribution in [0.2, 0.25) is 0 Å². The number of nitrogens with one attached hydrogen (secondary N) is 1. The Morgan fingerprint density at radius 3 is 2.09 bits per heavy atom. The molecule has 5 N–H and O–H groups in total. The molecule has 0 unspecified atom stereocenters. The first-order chi connectivity index (χ1) is 24.4. The molecule has 298 valence electrons. The molecule has 6 aliphatic rings. The number of aliphatic carboxylic acids is 1. The van der Waals surface area contributed by atoms with Crippen molar-refractivity contribution in [2.75, 3.05) is 6.54 Å². The van der Waals surface area contributed by atoms with Gasteiger partial charge in [0.1, 0.15) is 6.10 Å². The van der Waals surface area contributed by atoms with E-state index in [0.717, 1.165) is 56.9 Å². The average Bonchev–Trinajstić information content (AvgIpc) is 3.37. The Labute approximate surface area is 318 Å². The number of ketones is 1. The number of aliphatic hydroxyl groups excluding tert-OH is 1. The van der Waals surface area contributed by atoms with Gasteiger partial charge in [0, 0.05) is 23.8 Å². The lowest BCUT2D eigenvalue weighted by Crippen LogP contribution is -2.66. The molecule has 0 aromatic heterocycles. The lowest BCUT2D eigenvalue weighted by molar-refractivity contribution is -0.238. The van der Waals surface area contributed by atoms with Crippen LogP contribution >= 0.6 is 0 Å². The maximum Gasteiger partial charge on any atom is 0.309 e. The molecule has 5 fully saturated rings. The topological polar surface area (TPSA) is 156 Å². The maximum absolute atomic E-state index is 14.0. The number of rotatable bonds is 9. The Morgan fingerprint density at radius 2 is 1.51 bits per heavy atom. The van der Waals surface area contributed by atoms with Gasteiger partial charge in [-0.15, -0.1) is 0 Å². The summed E-state index contributed by atoms with van der Waals surface area (Å²) in [5, 5.41) is 24.6. The Bertz CT molecular complexity index is 1560. The highest BCUT2D eigenvalue weighted by Gasteiger charge is 2.71. The fraction of sp³-hybridized carbons (Fsp3) is 0.864. The zero-order valence-corrected chi connectivity index (χ0v) is 34.6. The van der Waals surface area contributed by atoms with E-state index in [1.807, 2.05) is 27.7 Å². The number of fused-ring (bicyclic) bond motifs is 7. The molecule has 9 nitrogen and oxygen atoms in total. The van der Waals surface area contributed by atoms with E-state index in [1.165, 1.54) is 5.57 Å². The van der Waals surface area contributed by atoms with Gasteiger partial charge in [-0.3, -0.25) is 19.2 Å². The normalized spacial score (nSPS) is 42.4. The minimum Gasteiger partial charge on any atom is -0.481 e. The second kappa shape index (κ2) is 13.2. The number of aliphatic hydroxyl groups is 1. The van der Waals surface area contributed by atoms with Gasteiger partial charge in [0.25, 0.3) is 0 Å². The lowest BCUT2D eigenvalue weighted by atomic mass is 9.33. The van der Waals surface area contributed by atoms with Crippen LogP contribution in [0.5, 0.6) is 0 Å². The summed E-state index contributed by atoms with van der Waals surface area (Å²) in [6.07, 6.45) is 7.09. The van der Waals surface area contributed by atoms with Gasteiger partial charge in [-0.2, -0.15) is 0 Å². The maximum atomic E-state index is 14.0. The fourth-order valence-electron chi connectivity index (χ4n) is 14.1. The SMILES string of the molecule is CC(C)C1=C2[C@H]3CC[C@@H]4[C@@]5(C)CC[C@H](OC(=O)[C@H]6C[C@@H](C(=O)O)C6(C)C)C(C)(C)[C@@H]5CC[C@@]4(C)[C@]3(C)CC[C@@]2([C@@H](O)CNC(=O)[C@@H](N)C(C)C)CC1=O. The van der Waals surface area contributed by atoms with Crippen molar-refractivity contribution in [1.82, 2.24) is 5.32 Å². The summed E-state index contributed by atoms with van der Waals surface area (Å²) in [5.41, 5.74) is 6.71. The lowest BCUT2D eigenvalue weighted by Gasteiger charge is -2.72. The highest BCUT2D eigenvalue weighted by atomic mass is 16.5. The van der Waals surface area contributed by atoms with Crippen molar-refractivity contribution < 1.29 is 34.1 Å². The number of hydrogen-bond acceptors (Lipinski definition) is 7. The van der Waals surface area contributed by atoms with Crippen molar-refractivity contribution in [1.29, 1.82) is 0 Å². The molecule has 53 heavy (non-hydrogen) atoms. The van der Waals surface area contributed by atoms with Gasteiger partial charge in [0.15, 0.2) is 5.78 Å². The molecule has 1 amide bonds. The van der Waals surface area contributed by atoms with Crippen molar-refractivity contribution in [3.05, 3.63) is 11.1 Å². The molecular weight excluding hydrogens is 668 g/mol. The number of carbonyl (C=O) groups excluding carboxylic acids is 3. The predicted molar refractivity (Wildman–Crippen MR) is 204 cm³/mol. The first-order valence-corrected chi connectivity index (χ1v) is 20.8. The summed E-state index contributed by atoms with van der Waals surface area (Å²) in [6, 6.07) is -0.652. The van der Waals surface area contributed by atoms with Crippen LogP contribution in [-0.4, -0.2) is 58.6 Å². The smallest absolute Gasteiger partial charge is 0.309 e. The summed E-state index contributed by atoms with van der Waals surface area (Å²) in [4.78, 5) is 52.2. The van der Waals surface area contributed by atoms with Crippen molar-refractivity contribution in [2.45, 2.75) is 159 Å². The van der Waals surface area contributed by atoms with Crippen LogP contribution in [0.4, 0.5) is 0 Å². The number of ether oxygens (including phenoxy) is 1. The van der Waals surface area contributed by atoms with Gasteiger partial charge < -0.3 is 26.0 Å². The second-order valence-corrected chi connectivity index (χ2v) is 21.2. The van der Waals surface area contributed by atoms with Gasteiger partial charge in [-0.1, -0.05) is 81.7 Å². The number of nitrogens with two attached hydrogens (primary N) is 1. The molecule has 6 rings (SSSR count). The van der Waals surface area contributed by atoms with E-state index < -0.39 is 40.8 Å². The number of carboxylic acid groups (broad SMARTS) is 1. The van der Waals surface area contributed by atoms with Crippen LogP contribution < -0.4 is 11.1 Å². The van der Waals surface area contributed by atoms with E-state index >= 15 is 0 Å². The Balaban J connectivity index is 1.26. The quantitative estimate of drug-likeness (QED) is 0.183. The molecule has 0 spiro atoms. The number of esters is 1. The standard InChI is InChI=1S/C44H70N2O7/c1-23(2)33-28(47)21-44(31(48)22-46-36(49)35(45)24(3)4)19-18-42(10)25(34(33)44)12-13-30-41(9)16-15-32(40(7,8)29(41)14-17-43(30,42)11)53-38(52)27-20-26(37(50)51)39(27,5)6/h23-27,29-32,35,48H,12-22,45H2,1-11H3,(H,46,49)(H,50,51)/t25-,26+,27-,29+,30-,31+,32+,35+,41+,42-,43-,44+/m1/s1. The summed E-state index contributed by atoms with van der Waals surface area (Å²) in [5.74, 6) is -1.06. The molecule has 6 aliphatic carbocycles. The van der Waals surface area contributed by atoms with Gasteiger partial charge >= 0.3 is 11.9 Å². The molecule has 0 saturated heterocycles.